The van der Waals surface area contributed by atoms with Crippen LogP contribution in [0.3, 0.4) is 0 Å². The van der Waals surface area contributed by atoms with E-state index in [2.05, 4.69) is 37.6 Å². The SMILES string of the molecule is C#CCn1ncc(NC(C)c2ccsc2)c(Br)c1=O. The number of nitrogens with zero attached hydrogens (tertiary/aromatic N) is 2. The van der Waals surface area contributed by atoms with E-state index in [4.69, 9.17) is 6.42 Å². The van der Waals surface area contributed by atoms with Gasteiger partial charge in [-0.25, -0.2) is 4.68 Å². The van der Waals surface area contributed by atoms with Crippen molar-refractivity contribution in [2.75, 3.05) is 5.32 Å². The van der Waals surface area contributed by atoms with Crippen molar-refractivity contribution in [1.82, 2.24) is 9.78 Å². The van der Waals surface area contributed by atoms with Gasteiger partial charge in [-0.2, -0.15) is 16.4 Å². The van der Waals surface area contributed by atoms with Gasteiger partial charge in [-0.15, -0.1) is 6.42 Å². The standard InChI is InChI=1S/C13H12BrN3OS/c1-3-5-17-13(18)12(14)11(7-15-17)16-9(2)10-4-6-19-8-10/h1,4,6-9,16H,5H2,2H3. The number of aromatic nitrogens is 2. The number of rotatable bonds is 4. The Labute approximate surface area is 123 Å². The third-order valence-corrected chi connectivity index (χ3v) is 4.11. The smallest absolute Gasteiger partial charge is 0.284 e. The van der Waals surface area contributed by atoms with Gasteiger partial charge in [0.15, 0.2) is 0 Å². The quantitative estimate of drug-likeness (QED) is 0.872. The van der Waals surface area contributed by atoms with Crippen LogP contribution < -0.4 is 10.9 Å². The molecule has 0 saturated heterocycles. The summed E-state index contributed by atoms with van der Waals surface area (Å²) in [6, 6.07) is 2.15. The third kappa shape index (κ3) is 3.06. The third-order valence-electron chi connectivity index (χ3n) is 2.64. The van der Waals surface area contributed by atoms with E-state index in [0.717, 1.165) is 0 Å². The van der Waals surface area contributed by atoms with Gasteiger partial charge in [0.1, 0.15) is 11.0 Å². The zero-order chi connectivity index (χ0) is 13.8. The molecule has 6 heteroatoms. The number of terminal acetylenes is 1. The summed E-state index contributed by atoms with van der Waals surface area (Å²) in [6.07, 6.45) is 6.79. The Bertz CT molecular complexity index is 658. The van der Waals surface area contributed by atoms with E-state index in [0.29, 0.717) is 10.2 Å². The summed E-state index contributed by atoms with van der Waals surface area (Å²) in [5, 5.41) is 11.4. The average molecular weight is 338 g/mol. The summed E-state index contributed by atoms with van der Waals surface area (Å²) in [6.45, 7) is 2.19. The van der Waals surface area contributed by atoms with Crippen LogP contribution in [0.1, 0.15) is 18.5 Å². The first kappa shape index (κ1) is 13.8. The summed E-state index contributed by atoms with van der Waals surface area (Å²) in [7, 11) is 0. The maximum Gasteiger partial charge on any atom is 0.284 e. The van der Waals surface area contributed by atoms with Gasteiger partial charge in [-0.1, -0.05) is 5.92 Å². The lowest BCUT2D eigenvalue weighted by Gasteiger charge is -2.15. The number of nitrogens with one attached hydrogen (secondary N) is 1. The second-order valence-corrected chi connectivity index (χ2v) is 5.53. The molecule has 0 fully saturated rings. The van der Waals surface area contributed by atoms with Crippen molar-refractivity contribution < 1.29 is 0 Å². The Kier molecular flexibility index (Phi) is 4.40. The van der Waals surface area contributed by atoms with Crippen molar-refractivity contribution in [2.45, 2.75) is 19.5 Å². The molecule has 2 rings (SSSR count). The van der Waals surface area contributed by atoms with E-state index >= 15 is 0 Å². The minimum Gasteiger partial charge on any atom is -0.376 e. The van der Waals surface area contributed by atoms with E-state index in [-0.39, 0.29) is 18.1 Å². The molecule has 1 atom stereocenters. The van der Waals surface area contributed by atoms with Crippen LogP contribution in [0.4, 0.5) is 5.69 Å². The maximum atomic E-state index is 12.0. The van der Waals surface area contributed by atoms with Crippen molar-refractivity contribution in [1.29, 1.82) is 0 Å². The van der Waals surface area contributed by atoms with Gasteiger partial charge in [0.05, 0.1) is 11.9 Å². The van der Waals surface area contributed by atoms with Gasteiger partial charge in [0.25, 0.3) is 5.56 Å². The first-order chi connectivity index (χ1) is 9.13. The molecule has 0 aliphatic carbocycles. The Morgan fingerprint density at radius 1 is 1.68 bits per heavy atom. The molecular weight excluding hydrogens is 326 g/mol. The lowest BCUT2D eigenvalue weighted by molar-refractivity contribution is 0.658. The first-order valence-corrected chi connectivity index (χ1v) is 7.34. The number of hydrogen-bond acceptors (Lipinski definition) is 4. The zero-order valence-corrected chi connectivity index (χ0v) is 12.7. The highest BCUT2D eigenvalue weighted by Crippen LogP contribution is 2.24. The largest absolute Gasteiger partial charge is 0.376 e. The molecule has 0 saturated carbocycles. The van der Waals surface area contributed by atoms with Gasteiger partial charge < -0.3 is 5.32 Å². The molecule has 19 heavy (non-hydrogen) atoms. The maximum absolute atomic E-state index is 12.0. The van der Waals surface area contributed by atoms with Crippen LogP contribution in [0.5, 0.6) is 0 Å². The van der Waals surface area contributed by atoms with Crippen molar-refractivity contribution in [2.24, 2.45) is 0 Å². The molecule has 0 aromatic carbocycles. The van der Waals surface area contributed by atoms with Crippen molar-refractivity contribution in [3.8, 4) is 12.3 Å². The summed E-state index contributed by atoms with van der Waals surface area (Å²) in [4.78, 5) is 12.0. The first-order valence-electron chi connectivity index (χ1n) is 5.61. The molecule has 0 spiro atoms. The van der Waals surface area contributed by atoms with Crippen LogP contribution >= 0.6 is 27.3 Å². The topological polar surface area (TPSA) is 46.9 Å². The molecule has 0 radical (unpaired) electrons. The second-order valence-electron chi connectivity index (χ2n) is 3.96. The van der Waals surface area contributed by atoms with E-state index in [1.165, 1.54) is 10.2 Å². The molecule has 0 amide bonds. The minimum atomic E-state index is -0.236. The van der Waals surface area contributed by atoms with Gasteiger partial charge in [0.2, 0.25) is 0 Å². The zero-order valence-electron chi connectivity index (χ0n) is 10.3. The lowest BCUT2D eigenvalue weighted by atomic mass is 10.2. The molecule has 2 aromatic rings. The average Bonchev–Trinajstić information content (AvgIpc) is 2.92. The summed E-state index contributed by atoms with van der Waals surface area (Å²) >= 11 is 4.93. The molecule has 2 heterocycles. The number of halogens is 1. The van der Waals surface area contributed by atoms with E-state index in [1.807, 2.05) is 18.4 Å². The van der Waals surface area contributed by atoms with Crippen LogP contribution in [-0.2, 0) is 6.54 Å². The molecular formula is C13H12BrN3OS. The second kappa shape index (κ2) is 6.04. The molecule has 4 nitrogen and oxygen atoms in total. The van der Waals surface area contributed by atoms with Gasteiger partial charge >= 0.3 is 0 Å². The summed E-state index contributed by atoms with van der Waals surface area (Å²) in [5.41, 5.74) is 1.60. The fourth-order valence-corrected chi connectivity index (χ4v) is 2.78. The predicted molar refractivity (Wildman–Crippen MR) is 81.4 cm³/mol. The molecule has 1 unspecified atom stereocenters. The van der Waals surface area contributed by atoms with Crippen LogP contribution in [0.15, 0.2) is 32.3 Å². The predicted octanol–water partition coefficient (Wildman–Crippen LogP) is 2.87. The van der Waals surface area contributed by atoms with Crippen LogP contribution in [0.25, 0.3) is 0 Å². The fourth-order valence-electron chi connectivity index (χ4n) is 1.60. The van der Waals surface area contributed by atoms with Gasteiger partial charge in [-0.05, 0) is 45.2 Å². The van der Waals surface area contributed by atoms with E-state index < -0.39 is 0 Å². The monoisotopic (exact) mass is 337 g/mol. The van der Waals surface area contributed by atoms with Crippen molar-refractivity contribution in [3.05, 3.63) is 43.4 Å². The highest BCUT2D eigenvalue weighted by Gasteiger charge is 2.12. The van der Waals surface area contributed by atoms with Crippen molar-refractivity contribution >= 4 is 33.0 Å². The molecule has 98 valence electrons. The molecule has 1 N–H and O–H groups in total. The highest BCUT2D eigenvalue weighted by molar-refractivity contribution is 9.10. The number of thiophene rings is 1. The van der Waals surface area contributed by atoms with E-state index in [1.54, 1.807) is 17.5 Å². The molecule has 0 aliphatic heterocycles. The lowest BCUT2D eigenvalue weighted by Crippen LogP contribution is -2.24. The van der Waals surface area contributed by atoms with Gasteiger partial charge in [-0.3, -0.25) is 4.79 Å². The fraction of sp³-hybridized carbons (Fsp3) is 0.231. The Morgan fingerprint density at radius 2 is 2.47 bits per heavy atom. The normalized spacial score (nSPS) is 11.8. The molecule has 2 aromatic heterocycles. The summed E-state index contributed by atoms with van der Waals surface area (Å²) < 4.78 is 1.68. The highest BCUT2D eigenvalue weighted by atomic mass is 79.9. The van der Waals surface area contributed by atoms with Crippen LogP contribution in [0.2, 0.25) is 0 Å². The Hall–Kier alpha value is -1.58. The molecule has 0 aliphatic rings. The van der Waals surface area contributed by atoms with Gasteiger partial charge in [0, 0.05) is 6.04 Å². The van der Waals surface area contributed by atoms with Crippen molar-refractivity contribution in [3.63, 3.8) is 0 Å². The molecule has 0 bridgehead atoms. The Morgan fingerprint density at radius 3 is 3.11 bits per heavy atom. The van der Waals surface area contributed by atoms with Crippen LogP contribution in [-0.4, -0.2) is 9.78 Å². The van der Waals surface area contributed by atoms with E-state index in [9.17, 15) is 4.79 Å². The number of anilines is 1. The Balaban J connectivity index is 2.25. The minimum absolute atomic E-state index is 0.104. The van der Waals surface area contributed by atoms with Crippen LogP contribution in [0, 0.1) is 12.3 Å². The number of hydrogen-bond donors (Lipinski definition) is 1. The summed E-state index contributed by atoms with van der Waals surface area (Å²) in [5.74, 6) is 2.40.